The Morgan fingerprint density at radius 2 is 1.91 bits per heavy atom. The summed E-state index contributed by atoms with van der Waals surface area (Å²) in [6, 6.07) is 3.62. The van der Waals surface area contributed by atoms with Gasteiger partial charge in [-0.05, 0) is 25.1 Å². The van der Waals surface area contributed by atoms with Gasteiger partial charge in [-0.25, -0.2) is 9.37 Å². The summed E-state index contributed by atoms with van der Waals surface area (Å²) >= 11 is 0. The Kier molecular flexibility index (Phi) is 4.94. The summed E-state index contributed by atoms with van der Waals surface area (Å²) in [6.45, 7) is 1.55. The summed E-state index contributed by atoms with van der Waals surface area (Å²) in [4.78, 5) is 18.4. The molecule has 1 aromatic carbocycles. The lowest BCUT2D eigenvalue weighted by Gasteiger charge is -2.24. The quantitative estimate of drug-likeness (QED) is 0.483. The number of aromatic nitrogens is 5. The molecular formula is C20H17F4N7O. The molecule has 1 amide bonds. The minimum Gasteiger partial charge on any atom is -0.382 e. The van der Waals surface area contributed by atoms with E-state index in [0.717, 1.165) is 18.2 Å². The number of hydrogen-bond acceptors (Lipinski definition) is 6. The molecule has 166 valence electrons. The molecule has 0 spiro atoms. The Morgan fingerprint density at radius 1 is 1.19 bits per heavy atom. The molecule has 4 rings (SSSR count). The van der Waals surface area contributed by atoms with Crippen molar-refractivity contribution in [3.05, 3.63) is 53.2 Å². The van der Waals surface area contributed by atoms with E-state index in [1.54, 1.807) is 20.2 Å². The predicted octanol–water partition coefficient (Wildman–Crippen LogP) is 3.48. The standard InChI is InChI=1S/C20H17F4N7O/c1-9(14-4-5-16(29-28-14)20(22,23)24)30(2)19(32)11-6-10-12-8-26-31(3)17(12)18(25)27-15(10)7-13(11)21/h4-9H,1-3H3,(H2,25,27)/t9-/m1/s1. The minimum absolute atomic E-state index is 0.124. The van der Waals surface area contributed by atoms with Crippen molar-refractivity contribution >= 4 is 33.5 Å². The Balaban J connectivity index is 1.71. The van der Waals surface area contributed by atoms with Gasteiger partial charge in [0.2, 0.25) is 0 Å². The number of rotatable bonds is 3. The van der Waals surface area contributed by atoms with Crippen molar-refractivity contribution in [1.82, 2.24) is 29.9 Å². The number of anilines is 1. The van der Waals surface area contributed by atoms with E-state index in [1.807, 2.05) is 0 Å². The number of aryl methyl sites for hydroxylation is 1. The third kappa shape index (κ3) is 3.47. The minimum atomic E-state index is -4.63. The van der Waals surface area contributed by atoms with E-state index in [0.29, 0.717) is 16.3 Å². The van der Waals surface area contributed by atoms with Gasteiger partial charge in [0.15, 0.2) is 5.69 Å². The SMILES string of the molecule is C[C@H](c1ccc(C(F)(F)F)nn1)N(C)C(=O)c1cc2c(cc1F)nc(N)c1c2cnn1C. The lowest BCUT2D eigenvalue weighted by atomic mass is 10.0. The van der Waals surface area contributed by atoms with Crippen LogP contribution in [-0.2, 0) is 13.2 Å². The fourth-order valence-electron chi connectivity index (χ4n) is 3.44. The van der Waals surface area contributed by atoms with E-state index in [1.165, 1.54) is 22.7 Å². The first-order valence-electron chi connectivity index (χ1n) is 9.37. The molecule has 32 heavy (non-hydrogen) atoms. The second-order valence-corrected chi connectivity index (χ2v) is 7.31. The number of nitrogens with zero attached hydrogens (tertiary/aromatic N) is 6. The third-order valence-electron chi connectivity index (χ3n) is 5.33. The van der Waals surface area contributed by atoms with Crippen LogP contribution in [0.1, 0.15) is 34.7 Å². The summed E-state index contributed by atoms with van der Waals surface area (Å²) < 4.78 is 54.5. The van der Waals surface area contributed by atoms with E-state index < -0.39 is 29.6 Å². The number of hydrogen-bond donors (Lipinski definition) is 1. The number of nitrogens with two attached hydrogens (primary N) is 1. The van der Waals surface area contributed by atoms with Gasteiger partial charge in [0, 0.05) is 30.9 Å². The summed E-state index contributed by atoms with van der Waals surface area (Å²) in [6.07, 6.45) is -3.08. The molecule has 0 aliphatic rings. The maximum absolute atomic E-state index is 14.8. The monoisotopic (exact) mass is 447 g/mol. The molecule has 8 nitrogen and oxygen atoms in total. The number of amides is 1. The van der Waals surface area contributed by atoms with Crippen molar-refractivity contribution < 1.29 is 22.4 Å². The van der Waals surface area contributed by atoms with Gasteiger partial charge in [-0.15, -0.1) is 5.10 Å². The van der Waals surface area contributed by atoms with Crippen molar-refractivity contribution in [3.8, 4) is 0 Å². The second kappa shape index (κ2) is 7.39. The second-order valence-electron chi connectivity index (χ2n) is 7.31. The highest BCUT2D eigenvalue weighted by Crippen LogP contribution is 2.31. The lowest BCUT2D eigenvalue weighted by molar-refractivity contribution is -0.141. The van der Waals surface area contributed by atoms with Crippen molar-refractivity contribution in [2.24, 2.45) is 7.05 Å². The number of alkyl halides is 3. The normalized spacial score (nSPS) is 13.0. The van der Waals surface area contributed by atoms with Gasteiger partial charge < -0.3 is 10.6 Å². The van der Waals surface area contributed by atoms with Crippen molar-refractivity contribution in [1.29, 1.82) is 0 Å². The first-order chi connectivity index (χ1) is 15.0. The molecule has 2 N–H and O–H groups in total. The van der Waals surface area contributed by atoms with Crippen LogP contribution < -0.4 is 5.73 Å². The highest BCUT2D eigenvalue weighted by atomic mass is 19.4. The number of carbonyl (C=O) groups is 1. The van der Waals surface area contributed by atoms with Gasteiger partial charge >= 0.3 is 6.18 Å². The van der Waals surface area contributed by atoms with E-state index in [9.17, 15) is 22.4 Å². The van der Waals surface area contributed by atoms with E-state index >= 15 is 0 Å². The smallest absolute Gasteiger partial charge is 0.382 e. The molecule has 0 bridgehead atoms. The topological polar surface area (TPSA) is 103 Å². The average molecular weight is 447 g/mol. The molecule has 0 aliphatic carbocycles. The highest BCUT2D eigenvalue weighted by Gasteiger charge is 2.33. The fraction of sp³-hybridized carbons (Fsp3) is 0.250. The zero-order valence-electron chi connectivity index (χ0n) is 17.1. The predicted molar refractivity (Wildman–Crippen MR) is 108 cm³/mol. The fourth-order valence-corrected chi connectivity index (χ4v) is 3.44. The van der Waals surface area contributed by atoms with Gasteiger partial charge in [-0.1, -0.05) is 0 Å². The van der Waals surface area contributed by atoms with E-state index in [2.05, 4.69) is 20.3 Å². The van der Waals surface area contributed by atoms with Crippen LogP contribution in [0.25, 0.3) is 21.8 Å². The molecule has 0 saturated heterocycles. The molecule has 0 radical (unpaired) electrons. The number of pyridine rings is 1. The van der Waals surface area contributed by atoms with Crippen LogP contribution in [0.3, 0.4) is 0 Å². The third-order valence-corrected chi connectivity index (χ3v) is 5.33. The summed E-state index contributed by atoms with van der Waals surface area (Å²) in [5, 5.41) is 12.0. The number of nitrogen functional groups attached to an aromatic ring is 1. The molecule has 0 aliphatic heterocycles. The Bertz CT molecular complexity index is 1350. The van der Waals surface area contributed by atoms with Gasteiger partial charge in [0.05, 0.1) is 29.0 Å². The van der Waals surface area contributed by atoms with E-state index in [4.69, 9.17) is 5.73 Å². The molecule has 0 unspecified atom stereocenters. The number of carbonyl (C=O) groups excluding carboxylic acids is 1. The Morgan fingerprint density at radius 3 is 2.53 bits per heavy atom. The molecule has 3 heterocycles. The maximum Gasteiger partial charge on any atom is 0.435 e. The summed E-state index contributed by atoms with van der Waals surface area (Å²) in [5.41, 5.74) is 5.51. The Labute approximate surface area is 178 Å². The number of halogens is 4. The van der Waals surface area contributed by atoms with Crippen LogP contribution in [0, 0.1) is 5.82 Å². The molecule has 4 aromatic rings. The first-order valence-corrected chi connectivity index (χ1v) is 9.37. The van der Waals surface area contributed by atoms with E-state index in [-0.39, 0.29) is 22.6 Å². The molecule has 0 saturated carbocycles. The highest BCUT2D eigenvalue weighted by molar-refractivity contribution is 6.10. The molecular weight excluding hydrogens is 430 g/mol. The summed E-state index contributed by atoms with van der Waals surface area (Å²) in [5.74, 6) is -1.32. The van der Waals surface area contributed by atoms with Crippen LogP contribution in [0.4, 0.5) is 23.4 Å². The largest absolute Gasteiger partial charge is 0.435 e. The van der Waals surface area contributed by atoms with Gasteiger partial charge in [-0.2, -0.15) is 23.4 Å². The molecule has 12 heteroatoms. The van der Waals surface area contributed by atoms with Crippen molar-refractivity contribution in [3.63, 3.8) is 0 Å². The van der Waals surface area contributed by atoms with Gasteiger partial charge in [0.25, 0.3) is 5.91 Å². The summed E-state index contributed by atoms with van der Waals surface area (Å²) in [7, 11) is 3.08. The van der Waals surface area contributed by atoms with Crippen molar-refractivity contribution in [2.75, 3.05) is 12.8 Å². The zero-order valence-corrected chi connectivity index (χ0v) is 17.1. The van der Waals surface area contributed by atoms with Crippen LogP contribution in [0.5, 0.6) is 0 Å². The van der Waals surface area contributed by atoms with Crippen LogP contribution >= 0.6 is 0 Å². The molecule has 0 fully saturated rings. The number of benzene rings is 1. The van der Waals surface area contributed by atoms with Crippen LogP contribution in [-0.4, -0.2) is 42.8 Å². The Hall–Kier alpha value is -3.83. The average Bonchev–Trinajstić information content (AvgIpc) is 3.13. The lowest BCUT2D eigenvalue weighted by Crippen LogP contribution is -2.31. The van der Waals surface area contributed by atoms with Gasteiger partial charge in [-0.3, -0.25) is 9.48 Å². The van der Waals surface area contributed by atoms with Gasteiger partial charge in [0.1, 0.15) is 17.2 Å². The number of fused-ring (bicyclic) bond motifs is 3. The maximum atomic E-state index is 14.8. The van der Waals surface area contributed by atoms with Crippen molar-refractivity contribution in [2.45, 2.75) is 19.1 Å². The zero-order chi connectivity index (χ0) is 23.4. The van der Waals surface area contributed by atoms with Crippen LogP contribution in [0.2, 0.25) is 0 Å². The molecule has 3 aromatic heterocycles. The molecule has 1 atom stereocenters. The van der Waals surface area contributed by atoms with Crippen LogP contribution in [0.15, 0.2) is 30.5 Å². The first kappa shape index (κ1) is 21.4.